The molecule has 0 unspecified atom stereocenters. The molecule has 0 fully saturated rings. The van der Waals surface area contributed by atoms with E-state index >= 15 is 0 Å². The van der Waals surface area contributed by atoms with E-state index in [9.17, 15) is 9.59 Å². The summed E-state index contributed by atoms with van der Waals surface area (Å²) in [5.41, 5.74) is 3.96. The van der Waals surface area contributed by atoms with E-state index in [0.717, 1.165) is 0 Å². The molecule has 2 aromatic carbocycles. The zero-order chi connectivity index (χ0) is 17.5. The molecule has 5 nitrogen and oxygen atoms in total. The molecule has 0 saturated heterocycles. The second-order valence-electron chi connectivity index (χ2n) is 4.81. The maximum atomic E-state index is 12.0. The monoisotopic (exact) mass is 363 g/mol. The summed E-state index contributed by atoms with van der Waals surface area (Å²) in [6.07, 6.45) is 1.78. The summed E-state index contributed by atoms with van der Waals surface area (Å²) in [6.45, 7) is 1.76. The second kappa shape index (κ2) is 8.47. The molecule has 0 heterocycles. The van der Waals surface area contributed by atoms with Crippen LogP contribution >= 0.6 is 23.2 Å². The second-order valence-corrected chi connectivity index (χ2v) is 5.63. The number of hydrazone groups is 1. The van der Waals surface area contributed by atoms with E-state index < -0.39 is 0 Å². The molecule has 24 heavy (non-hydrogen) atoms. The van der Waals surface area contributed by atoms with Gasteiger partial charge in [0.1, 0.15) is 0 Å². The molecule has 2 rings (SSSR count). The molecular formula is C17H15Cl2N3O2. The van der Waals surface area contributed by atoms with Gasteiger partial charge in [-0.05, 0) is 36.4 Å². The largest absolute Gasteiger partial charge is 0.326 e. The third kappa shape index (κ3) is 4.81. The van der Waals surface area contributed by atoms with E-state index in [4.69, 9.17) is 23.2 Å². The van der Waals surface area contributed by atoms with Gasteiger partial charge in [0.15, 0.2) is 0 Å². The van der Waals surface area contributed by atoms with Crippen LogP contribution in [0.2, 0.25) is 10.0 Å². The number of benzene rings is 2. The topological polar surface area (TPSA) is 70.6 Å². The van der Waals surface area contributed by atoms with Crippen molar-refractivity contribution in [3.8, 4) is 0 Å². The maximum Gasteiger partial charge on any atom is 0.271 e. The molecule has 0 atom stereocenters. The van der Waals surface area contributed by atoms with Crippen LogP contribution in [0.4, 0.5) is 5.69 Å². The number of carbonyl (C=O) groups is 2. The number of rotatable bonds is 5. The van der Waals surface area contributed by atoms with Gasteiger partial charge in [0.05, 0.1) is 16.3 Å². The predicted octanol–water partition coefficient (Wildman–Crippen LogP) is 4.11. The number of halogens is 2. The van der Waals surface area contributed by atoms with Gasteiger partial charge < -0.3 is 5.32 Å². The van der Waals surface area contributed by atoms with Crippen molar-refractivity contribution in [2.75, 3.05) is 5.32 Å². The molecule has 2 aromatic rings. The first-order valence-electron chi connectivity index (χ1n) is 7.18. The van der Waals surface area contributed by atoms with Crippen LogP contribution in [-0.4, -0.2) is 18.0 Å². The summed E-state index contributed by atoms with van der Waals surface area (Å²) in [5.74, 6) is -0.476. The Morgan fingerprint density at radius 1 is 1.08 bits per heavy atom. The highest BCUT2D eigenvalue weighted by Gasteiger charge is 2.06. The first-order chi connectivity index (χ1) is 11.5. The summed E-state index contributed by atoms with van der Waals surface area (Å²) in [6, 6.07) is 11.6. The number of nitrogens with one attached hydrogen (secondary N) is 2. The molecule has 7 heteroatoms. The van der Waals surface area contributed by atoms with Gasteiger partial charge in [-0.15, -0.1) is 0 Å². The third-order valence-electron chi connectivity index (χ3n) is 3.11. The summed E-state index contributed by atoms with van der Waals surface area (Å²) in [5, 5.41) is 7.45. The van der Waals surface area contributed by atoms with Gasteiger partial charge in [0.2, 0.25) is 5.91 Å². The Labute approximate surface area is 149 Å². The predicted molar refractivity (Wildman–Crippen MR) is 96.9 cm³/mol. The van der Waals surface area contributed by atoms with Crippen LogP contribution in [0.5, 0.6) is 0 Å². The number of nitrogens with zero attached hydrogens (tertiary/aromatic N) is 1. The molecule has 0 spiro atoms. The van der Waals surface area contributed by atoms with Crippen molar-refractivity contribution >= 4 is 46.9 Å². The normalized spacial score (nSPS) is 10.6. The van der Waals surface area contributed by atoms with E-state index in [1.165, 1.54) is 6.21 Å². The van der Waals surface area contributed by atoms with Crippen molar-refractivity contribution in [1.29, 1.82) is 0 Å². The van der Waals surface area contributed by atoms with Gasteiger partial charge in [0.25, 0.3) is 5.91 Å². The summed E-state index contributed by atoms with van der Waals surface area (Å²) >= 11 is 12.0. The van der Waals surface area contributed by atoms with Gasteiger partial charge in [-0.1, -0.05) is 36.2 Å². The molecular weight excluding hydrogens is 349 g/mol. The van der Waals surface area contributed by atoms with E-state index in [2.05, 4.69) is 15.8 Å². The Balaban J connectivity index is 2.00. The van der Waals surface area contributed by atoms with Crippen LogP contribution in [0, 0.1) is 0 Å². The molecule has 2 amide bonds. The Morgan fingerprint density at radius 2 is 1.71 bits per heavy atom. The zero-order valence-electron chi connectivity index (χ0n) is 12.8. The van der Waals surface area contributed by atoms with E-state index in [1.807, 2.05) is 0 Å². The first kappa shape index (κ1) is 18.0. The maximum absolute atomic E-state index is 12.0. The Hall–Kier alpha value is -2.37. The fourth-order valence-electron chi connectivity index (χ4n) is 1.81. The van der Waals surface area contributed by atoms with Gasteiger partial charge in [-0.2, -0.15) is 5.10 Å². The summed E-state index contributed by atoms with van der Waals surface area (Å²) < 4.78 is 0. The molecule has 0 saturated carbocycles. The average Bonchev–Trinajstić information content (AvgIpc) is 2.58. The molecule has 124 valence electrons. The highest BCUT2D eigenvalue weighted by atomic mass is 35.5. The van der Waals surface area contributed by atoms with Crippen molar-refractivity contribution in [3.63, 3.8) is 0 Å². The minimum atomic E-state index is -0.386. The van der Waals surface area contributed by atoms with Crippen LogP contribution < -0.4 is 10.7 Å². The molecule has 0 radical (unpaired) electrons. The van der Waals surface area contributed by atoms with Crippen molar-refractivity contribution in [2.45, 2.75) is 13.3 Å². The lowest BCUT2D eigenvalue weighted by atomic mass is 10.2. The smallest absolute Gasteiger partial charge is 0.271 e. The number of amides is 2. The van der Waals surface area contributed by atoms with Crippen LogP contribution in [0.1, 0.15) is 29.3 Å². The lowest BCUT2D eigenvalue weighted by Crippen LogP contribution is -2.17. The fourth-order valence-corrected chi connectivity index (χ4v) is 2.30. The van der Waals surface area contributed by atoms with Gasteiger partial charge in [-0.25, -0.2) is 5.43 Å². The molecule has 0 aliphatic heterocycles. The number of hydrogen-bond acceptors (Lipinski definition) is 3. The Morgan fingerprint density at radius 3 is 2.29 bits per heavy atom. The molecule has 0 aromatic heterocycles. The molecule has 0 aliphatic carbocycles. The van der Waals surface area contributed by atoms with Gasteiger partial charge in [0, 0.05) is 23.2 Å². The Kier molecular flexibility index (Phi) is 6.35. The third-order valence-corrected chi connectivity index (χ3v) is 3.77. The molecule has 2 N–H and O–H groups in total. The van der Waals surface area contributed by atoms with Gasteiger partial charge in [-0.3, -0.25) is 9.59 Å². The highest BCUT2D eigenvalue weighted by molar-refractivity contribution is 6.38. The van der Waals surface area contributed by atoms with Crippen molar-refractivity contribution in [2.24, 2.45) is 5.10 Å². The van der Waals surface area contributed by atoms with E-state index in [1.54, 1.807) is 49.4 Å². The molecule has 0 bridgehead atoms. The number of hydrogen-bond donors (Lipinski definition) is 2. The van der Waals surface area contributed by atoms with Crippen LogP contribution in [-0.2, 0) is 4.79 Å². The molecule has 0 aliphatic rings. The fraction of sp³-hybridized carbons (Fsp3) is 0.118. The van der Waals surface area contributed by atoms with E-state index in [-0.39, 0.29) is 11.8 Å². The lowest BCUT2D eigenvalue weighted by molar-refractivity contribution is -0.115. The first-order valence-corrected chi connectivity index (χ1v) is 7.94. The standard InChI is InChI=1S/C17H15Cl2N3O2/c1-2-16(23)21-12-8-6-11(7-9-12)17(24)22-20-10-13-14(18)4-3-5-15(13)19/h3-10H,2H2,1H3,(H,21,23)(H,22,24)/b20-10-. The van der Waals surface area contributed by atoms with Crippen LogP contribution in [0.15, 0.2) is 47.6 Å². The van der Waals surface area contributed by atoms with Crippen molar-refractivity contribution in [1.82, 2.24) is 5.43 Å². The highest BCUT2D eigenvalue weighted by Crippen LogP contribution is 2.22. The van der Waals surface area contributed by atoms with Crippen molar-refractivity contribution in [3.05, 3.63) is 63.6 Å². The number of anilines is 1. The van der Waals surface area contributed by atoms with E-state index in [0.29, 0.717) is 33.3 Å². The minimum Gasteiger partial charge on any atom is -0.326 e. The summed E-state index contributed by atoms with van der Waals surface area (Å²) in [7, 11) is 0. The van der Waals surface area contributed by atoms with Gasteiger partial charge >= 0.3 is 0 Å². The van der Waals surface area contributed by atoms with Crippen molar-refractivity contribution < 1.29 is 9.59 Å². The Bertz CT molecular complexity index is 754. The zero-order valence-corrected chi connectivity index (χ0v) is 14.4. The van der Waals surface area contributed by atoms with Crippen LogP contribution in [0.3, 0.4) is 0 Å². The minimum absolute atomic E-state index is 0.0894. The number of carbonyl (C=O) groups excluding carboxylic acids is 2. The SMILES string of the molecule is CCC(=O)Nc1ccc(C(=O)N/N=C\c2c(Cl)cccc2Cl)cc1. The summed E-state index contributed by atoms with van der Waals surface area (Å²) in [4.78, 5) is 23.3. The van der Waals surface area contributed by atoms with Crippen LogP contribution in [0.25, 0.3) is 0 Å². The average molecular weight is 364 g/mol. The quantitative estimate of drug-likeness (QED) is 0.619. The lowest BCUT2D eigenvalue weighted by Gasteiger charge is -2.05.